The number of hydrogen-bond acceptors (Lipinski definition) is 2. The zero-order valence-corrected chi connectivity index (χ0v) is 15.7. The zero-order valence-electron chi connectivity index (χ0n) is 14.2. The quantitative estimate of drug-likeness (QED) is 0.723. The number of carbonyl (C=O) groups is 1. The van der Waals surface area contributed by atoms with E-state index in [1.54, 1.807) is 25.1 Å². The molecule has 1 N–H and O–H groups in total. The maximum absolute atomic E-state index is 12.5. The van der Waals surface area contributed by atoms with Crippen molar-refractivity contribution in [1.29, 1.82) is 0 Å². The summed E-state index contributed by atoms with van der Waals surface area (Å²) in [5.74, 6) is 0.460. The number of benzene rings is 2. The molecule has 0 saturated heterocycles. The van der Waals surface area contributed by atoms with E-state index in [2.05, 4.69) is 19.2 Å². The molecule has 24 heavy (non-hydrogen) atoms. The number of carbonyl (C=O) groups excluding carboxylic acids is 1. The minimum absolute atomic E-state index is 0.234. The lowest BCUT2D eigenvalue weighted by atomic mass is 9.98. The molecule has 2 aromatic carbocycles. The Bertz CT molecular complexity index is 744. The molecule has 5 heteroatoms. The monoisotopic (exact) mass is 365 g/mol. The van der Waals surface area contributed by atoms with Gasteiger partial charge < -0.3 is 10.1 Å². The number of nitrogens with one attached hydrogen (secondary N) is 1. The molecular weight excluding hydrogens is 345 g/mol. The van der Waals surface area contributed by atoms with Crippen molar-refractivity contribution >= 4 is 34.8 Å². The number of aryl methyl sites for hydroxylation is 1. The van der Waals surface area contributed by atoms with Crippen LogP contribution in [-0.4, -0.2) is 12.0 Å². The van der Waals surface area contributed by atoms with Crippen molar-refractivity contribution in [2.24, 2.45) is 0 Å². The van der Waals surface area contributed by atoms with E-state index >= 15 is 0 Å². The standard InChI is InChI=1S/C19H21Cl2NO2/c1-11(2)14-8-5-7-12(3)18(14)22-19(23)13(4)24-16-10-6-9-15(20)17(16)21/h5-11,13H,1-4H3,(H,22,23)/t13-/m1/s1. The summed E-state index contributed by atoms with van der Waals surface area (Å²) < 4.78 is 5.67. The van der Waals surface area contributed by atoms with Crippen molar-refractivity contribution in [3.05, 3.63) is 57.6 Å². The van der Waals surface area contributed by atoms with Gasteiger partial charge in [0.2, 0.25) is 0 Å². The Labute approximate surface area is 152 Å². The van der Waals surface area contributed by atoms with Crippen molar-refractivity contribution in [2.75, 3.05) is 5.32 Å². The highest BCUT2D eigenvalue weighted by atomic mass is 35.5. The molecule has 0 aliphatic heterocycles. The Morgan fingerprint density at radius 3 is 2.42 bits per heavy atom. The lowest BCUT2D eigenvalue weighted by Crippen LogP contribution is -2.31. The fourth-order valence-corrected chi connectivity index (χ4v) is 2.72. The van der Waals surface area contributed by atoms with Crippen LogP contribution in [0.3, 0.4) is 0 Å². The molecule has 1 atom stereocenters. The van der Waals surface area contributed by atoms with Crippen LogP contribution in [0.15, 0.2) is 36.4 Å². The van der Waals surface area contributed by atoms with E-state index in [0.717, 1.165) is 16.8 Å². The Hall–Kier alpha value is -1.71. The third-order valence-electron chi connectivity index (χ3n) is 3.76. The van der Waals surface area contributed by atoms with Gasteiger partial charge in [-0.05, 0) is 43.0 Å². The summed E-state index contributed by atoms with van der Waals surface area (Å²) in [5, 5.41) is 3.67. The average molecular weight is 366 g/mol. The number of hydrogen-bond donors (Lipinski definition) is 1. The lowest BCUT2D eigenvalue weighted by Gasteiger charge is -2.20. The molecule has 0 heterocycles. The predicted molar refractivity (Wildman–Crippen MR) is 100 cm³/mol. The number of ether oxygens (including phenoxy) is 1. The highest BCUT2D eigenvalue weighted by Crippen LogP contribution is 2.32. The van der Waals surface area contributed by atoms with Gasteiger partial charge in [0, 0.05) is 5.69 Å². The number of para-hydroxylation sites is 1. The van der Waals surface area contributed by atoms with Gasteiger partial charge >= 0.3 is 0 Å². The normalized spacial score (nSPS) is 12.1. The number of anilines is 1. The molecule has 128 valence electrons. The maximum Gasteiger partial charge on any atom is 0.265 e. The minimum Gasteiger partial charge on any atom is -0.479 e. The number of rotatable bonds is 5. The summed E-state index contributed by atoms with van der Waals surface area (Å²) in [4.78, 5) is 12.5. The highest BCUT2D eigenvalue weighted by molar-refractivity contribution is 6.42. The molecular formula is C19H21Cl2NO2. The first-order chi connectivity index (χ1) is 11.3. The van der Waals surface area contributed by atoms with Crippen LogP contribution in [0, 0.1) is 6.92 Å². The van der Waals surface area contributed by atoms with Crippen molar-refractivity contribution in [1.82, 2.24) is 0 Å². The van der Waals surface area contributed by atoms with Crippen LogP contribution in [0.25, 0.3) is 0 Å². The summed E-state index contributed by atoms with van der Waals surface area (Å²) in [6.07, 6.45) is -0.708. The van der Waals surface area contributed by atoms with Crippen LogP contribution in [0.1, 0.15) is 37.8 Å². The van der Waals surface area contributed by atoms with E-state index in [1.807, 2.05) is 25.1 Å². The van der Waals surface area contributed by atoms with Gasteiger partial charge in [0.15, 0.2) is 6.10 Å². The lowest BCUT2D eigenvalue weighted by molar-refractivity contribution is -0.122. The Kier molecular flexibility index (Phi) is 6.14. The second-order valence-electron chi connectivity index (χ2n) is 6.00. The molecule has 0 spiro atoms. The maximum atomic E-state index is 12.5. The van der Waals surface area contributed by atoms with Crippen molar-refractivity contribution in [3.8, 4) is 5.75 Å². The molecule has 0 unspecified atom stereocenters. The smallest absolute Gasteiger partial charge is 0.265 e. The molecule has 0 aliphatic rings. The number of halogens is 2. The van der Waals surface area contributed by atoms with E-state index in [-0.39, 0.29) is 5.91 Å². The minimum atomic E-state index is -0.708. The van der Waals surface area contributed by atoms with E-state index in [0.29, 0.717) is 21.7 Å². The number of amides is 1. The van der Waals surface area contributed by atoms with Crippen LogP contribution in [-0.2, 0) is 4.79 Å². The summed E-state index contributed by atoms with van der Waals surface area (Å²) in [6, 6.07) is 11.1. The van der Waals surface area contributed by atoms with Gasteiger partial charge in [-0.3, -0.25) is 4.79 Å². The van der Waals surface area contributed by atoms with Crippen LogP contribution in [0.5, 0.6) is 5.75 Å². The summed E-state index contributed by atoms with van der Waals surface area (Å²) >= 11 is 12.1. The second kappa shape index (κ2) is 7.91. The summed E-state index contributed by atoms with van der Waals surface area (Å²) in [7, 11) is 0. The average Bonchev–Trinajstić information content (AvgIpc) is 2.53. The molecule has 2 rings (SSSR count). The van der Waals surface area contributed by atoms with Gasteiger partial charge in [0.25, 0.3) is 5.91 Å². The fraction of sp³-hybridized carbons (Fsp3) is 0.316. The van der Waals surface area contributed by atoms with Crippen LogP contribution < -0.4 is 10.1 Å². The van der Waals surface area contributed by atoms with Gasteiger partial charge in [-0.1, -0.05) is 61.3 Å². The van der Waals surface area contributed by atoms with Gasteiger partial charge in [-0.2, -0.15) is 0 Å². The topological polar surface area (TPSA) is 38.3 Å². The van der Waals surface area contributed by atoms with Crippen LogP contribution >= 0.6 is 23.2 Å². The first-order valence-electron chi connectivity index (χ1n) is 7.82. The predicted octanol–water partition coefficient (Wildman–Crippen LogP) is 5.83. The van der Waals surface area contributed by atoms with Crippen molar-refractivity contribution < 1.29 is 9.53 Å². The zero-order chi connectivity index (χ0) is 17.9. The largest absolute Gasteiger partial charge is 0.479 e. The van der Waals surface area contributed by atoms with E-state index in [1.165, 1.54) is 0 Å². The first kappa shape index (κ1) is 18.6. The third-order valence-corrected chi connectivity index (χ3v) is 4.57. The van der Waals surface area contributed by atoms with Crippen LogP contribution in [0.4, 0.5) is 5.69 Å². The van der Waals surface area contributed by atoms with Gasteiger partial charge in [0.1, 0.15) is 10.8 Å². The summed E-state index contributed by atoms with van der Waals surface area (Å²) in [5.41, 5.74) is 2.95. The molecule has 0 saturated carbocycles. The highest BCUT2D eigenvalue weighted by Gasteiger charge is 2.19. The Balaban J connectivity index is 2.17. The third kappa shape index (κ3) is 4.22. The molecule has 2 aromatic rings. The Morgan fingerprint density at radius 2 is 1.75 bits per heavy atom. The fourth-order valence-electron chi connectivity index (χ4n) is 2.39. The van der Waals surface area contributed by atoms with Crippen molar-refractivity contribution in [2.45, 2.75) is 39.7 Å². The molecule has 0 aromatic heterocycles. The van der Waals surface area contributed by atoms with Crippen LogP contribution in [0.2, 0.25) is 10.0 Å². The second-order valence-corrected chi connectivity index (χ2v) is 6.78. The van der Waals surface area contributed by atoms with Gasteiger partial charge in [-0.15, -0.1) is 0 Å². The molecule has 0 aliphatic carbocycles. The van der Waals surface area contributed by atoms with E-state index < -0.39 is 6.10 Å². The Morgan fingerprint density at radius 1 is 1.08 bits per heavy atom. The summed E-state index contributed by atoms with van der Waals surface area (Å²) in [6.45, 7) is 7.84. The molecule has 3 nitrogen and oxygen atoms in total. The molecule has 0 radical (unpaired) electrons. The van der Waals surface area contributed by atoms with Gasteiger partial charge in [0.05, 0.1) is 5.02 Å². The molecule has 0 fully saturated rings. The molecule has 0 bridgehead atoms. The van der Waals surface area contributed by atoms with E-state index in [9.17, 15) is 4.79 Å². The molecule has 1 amide bonds. The van der Waals surface area contributed by atoms with Crippen molar-refractivity contribution in [3.63, 3.8) is 0 Å². The van der Waals surface area contributed by atoms with E-state index in [4.69, 9.17) is 27.9 Å². The van der Waals surface area contributed by atoms with Gasteiger partial charge in [-0.25, -0.2) is 0 Å². The SMILES string of the molecule is Cc1cccc(C(C)C)c1NC(=O)[C@@H](C)Oc1cccc(Cl)c1Cl. The first-order valence-corrected chi connectivity index (χ1v) is 8.58.